The summed E-state index contributed by atoms with van der Waals surface area (Å²) in [5, 5.41) is 6.83. The Morgan fingerprint density at radius 1 is 1.07 bits per heavy atom. The molecule has 0 unspecified atom stereocenters. The number of hydrogen-bond acceptors (Lipinski definition) is 5. The van der Waals surface area contributed by atoms with Crippen molar-refractivity contribution in [2.45, 2.75) is 25.8 Å². The number of nitrogens with one attached hydrogen (secondary N) is 2. The number of piperidine rings is 1. The second-order valence-corrected chi connectivity index (χ2v) is 7.41. The van der Waals surface area contributed by atoms with Gasteiger partial charge in [0.05, 0.1) is 20.3 Å². The Bertz CT molecular complexity index is 572. The van der Waals surface area contributed by atoms with Crippen molar-refractivity contribution >= 4 is 5.96 Å². The second kappa shape index (κ2) is 14.2. The van der Waals surface area contributed by atoms with E-state index in [4.69, 9.17) is 14.2 Å². The minimum Gasteiger partial charge on any atom is -0.497 e. The molecule has 0 saturated carbocycles. The first-order valence-electron chi connectivity index (χ1n) is 10.6. The average Bonchev–Trinajstić information content (AvgIpc) is 2.76. The van der Waals surface area contributed by atoms with Gasteiger partial charge < -0.3 is 24.8 Å². The van der Waals surface area contributed by atoms with Crippen LogP contribution in [0.2, 0.25) is 0 Å². The molecule has 1 fully saturated rings. The van der Waals surface area contributed by atoms with E-state index in [0.29, 0.717) is 19.1 Å². The van der Waals surface area contributed by atoms with Crippen LogP contribution < -0.4 is 15.4 Å². The normalized spacial score (nSPS) is 16.0. The molecule has 29 heavy (non-hydrogen) atoms. The number of hydrogen-bond donors (Lipinski definition) is 2. The van der Waals surface area contributed by atoms with Crippen molar-refractivity contribution in [1.82, 2.24) is 15.5 Å². The highest BCUT2D eigenvalue weighted by atomic mass is 16.5. The Morgan fingerprint density at radius 3 is 2.48 bits per heavy atom. The predicted octanol–water partition coefficient (Wildman–Crippen LogP) is 2.13. The van der Waals surface area contributed by atoms with Crippen molar-refractivity contribution < 1.29 is 14.2 Å². The molecule has 0 amide bonds. The van der Waals surface area contributed by atoms with Gasteiger partial charge in [0.15, 0.2) is 5.96 Å². The van der Waals surface area contributed by atoms with Crippen LogP contribution in [0.25, 0.3) is 0 Å². The number of ether oxygens (including phenoxy) is 3. The standard InChI is InChI=1S/C22H38N4O3/c1-23-22(24-11-4-14-29-16-15-27-2)25-17-19-9-12-26(13-10-19)18-20-5-7-21(28-3)8-6-20/h5-8,19H,4,9-18H2,1-3H3,(H2,23,24,25). The van der Waals surface area contributed by atoms with Gasteiger partial charge in [-0.05, 0) is 56.0 Å². The van der Waals surface area contributed by atoms with Gasteiger partial charge in [-0.25, -0.2) is 0 Å². The highest BCUT2D eigenvalue weighted by Crippen LogP contribution is 2.19. The maximum Gasteiger partial charge on any atom is 0.190 e. The molecule has 7 nitrogen and oxygen atoms in total. The van der Waals surface area contributed by atoms with Gasteiger partial charge in [0.25, 0.3) is 0 Å². The van der Waals surface area contributed by atoms with E-state index in [1.54, 1.807) is 14.2 Å². The zero-order valence-electron chi connectivity index (χ0n) is 18.3. The third-order valence-corrected chi connectivity index (χ3v) is 5.24. The summed E-state index contributed by atoms with van der Waals surface area (Å²) >= 11 is 0. The lowest BCUT2D eigenvalue weighted by Crippen LogP contribution is -2.43. The summed E-state index contributed by atoms with van der Waals surface area (Å²) in [4.78, 5) is 6.85. The van der Waals surface area contributed by atoms with Crippen molar-refractivity contribution in [2.75, 3.05) is 67.3 Å². The predicted molar refractivity (Wildman–Crippen MR) is 118 cm³/mol. The van der Waals surface area contributed by atoms with Crippen LogP contribution in [0.5, 0.6) is 5.75 Å². The number of nitrogens with zero attached hydrogens (tertiary/aromatic N) is 2. The van der Waals surface area contributed by atoms with E-state index < -0.39 is 0 Å². The summed E-state index contributed by atoms with van der Waals surface area (Å²) in [5.41, 5.74) is 1.35. The molecule has 164 valence electrons. The Balaban J connectivity index is 1.56. The molecule has 0 atom stereocenters. The van der Waals surface area contributed by atoms with Crippen LogP contribution in [0.4, 0.5) is 0 Å². The fraction of sp³-hybridized carbons (Fsp3) is 0.682. The summed E-state index contributed by atoms with van der Waals surface area (Å²) in [5.74, 6) is 2.49. The molecule has 0 bridgehead atoms. The van der Waals surface area contributed by atoms with Crippen molar-refractivity contribution in [3.63, 3.8) is 0 Å². The largest absolute Gasteiger partial charge is 0.497 e. The molecule has 0 spiro atoms. The highest BCUT2D eigenvalue weighted by Gasteiger charge is 2.19. The van der Waals surface area contributed by atoms with E-state index in [9.17, 15) is 0 Å². The minimum absolute atomic E-state index is 0.648. The number of rotatable bonds is 12. The summed E-state index contributed by atoms with van der Waals surface area (Å²) < 4.78 is 15.7. The van der Waals surface area contributed by atoms with E-state index >= 15 is 0 Å². The number of methoxy groups -OCH3 is 2. The van der Waals surface area contributed by atoms with Crippen LogP contribution in [-0.4, -0.2) is 78.1 Å². The average molecular weight is 407 g/mol. The summed E-state index contributed by atoms with van der Waals surface area (Å²) in [6, 6.07) is 8.39. The molecular formula is C22H38N4O3. The molecule has 1 aromatic carbocycles. The Kier molecular flexibility index (Phi) is 11.5. The molecule has 0 radical (unpaired) electrons. The van der Waals surface area contributed by atoms with E-state index in [1.165, 1.54) is 18.4 Å². The topological polar surface area (TPSA) is 67.4 Å². The molecule has 1 saturated heterocycles. The third-order valence-electron chi connectivity index (χ3n) is 5.24. The van der Waals surface area contributed by atoms with Crippen molar-refractivity contribution in [3.8, 4) is 5.75 Å². The lowest BCUT2D eigenvalue weighted by atomic mass is 9.96. The Hall–Kier alpha value is -1.83. The van der Waals surface area contributed by atoms with Gasteiger partial charge in [-0.15, -0.1) is 0 Å². The maximum absolute atomic E-state index is 5.47. The zero-order chi connectivity index (χ0) is 20.7. The highest BCUT2D eigenvalue weighted by molar-refractivity contribution is 5.79. The first-order valence-corrected chi connectivity index (χ1v) is 10.6. The minimum atomic E-state index is 0.648. The number of likely N-dealkylation sites (tertiary alicyclic amines) is 1. The quantitative estimate of drug-likeness (QED) is 0.315. The SMILES string of the molecule is CN=C(NCCCOCCOC)NCC1CCN(Cc2ccc(OC)cc2)CC1. The van der Waals surface area contributed by atoms with Crippen LogP contribution in [0, 0.1) is 5.92 Å². The van der Waals surface area contributed by atoms with Crippen LogP contribution in [0.3, 0.4) is 0 Å². The van der Waals surface area contributed by atoms with Gasteiger partial charge in [0.1, 0.15) is 5.75 Å². The smallest absolute Gasteiger partial charge is 0.190 e. The summed E-state index contributed by atoms with van der Waals surface area (Å²) in [7, 11) is 5.21. The molecule has 0 aromatic heterocycles. The lowest BCUT2D eigenvalue weighted by molar-refractivity contribution is 0.0698. The first-order chi connectivity index (χ1) is 14.2. The van der Waals surface area contributed by atoms with Crippen LogP contribution in [0.1, 0.15) is 24.8 Å². The molecule has 1 aliphatic heterocycles. The van der Waals surface area contributed by atoms with Gasteiger partial charge in [-0.1, -0.05) is 12.1 Å². The van der Waals surface area contributed by atoms with Crippen LogP contribution in [-0.2, 0) is 16.0 Å². The molecule has 1 aliphatic rings. The first kappa shape index (κ1) is 23.4. The molecule has 1 heterocycles. The molecule has 2 rings (SSSR count). The van der Waals surface area contributed by atoms with E-state index in [0.717, 1.165) is 57.5 Å². The molecule has 2 N–H and O–H groups in total. The van der Waals surface area contributed by atoms with Crippen LogP contribution >= 0.6 is 0 Å². The molecular weight excluding hydrogens is 368 g/mol. The van der Waals surface area contributed by atoms with E-state index in [-0.39, 0.29) is 0 Å². The van der Waals surface area contributed by atoms with Gasteiger partial charge in [0.2, 0.25) is 0 Å². The third kappa shape index (κ3) is 9.47. The summed E-state index contributed by atoms with van der Waals surface area (Å²) in [6.45, 7) is 7.16. The van der Waals surface area contributed by atoms with Gasteiger partial charge >= 0.3 is 0 Å². The van der Waals surface area contributed by atoms with Crippen molar-refractivity contribution in [2.24, 2.45) is 10.9 Å². The van der Waals surface area contributed by atoms with Crippen LogP contribution in [0.15, 0.2) is 29.3 Å². The number of aliphatic imine (C=N–C) groups is 1. The maximum atomic E-state index is 5.47. The number of guanidine groups is 1. The molecule has 7 heteroatoms. The van der Waals surface area contributed by atoms with Gasteiger partial charge in [0, 0.05) is 40.4 Å². The fourth-order valence-corrected chi connectivity index (χ4v) is 3.42. The molecule has 1 aromatic rings. The monoisotopic (exact) mass is 406 g/mol. The fourth-order valence-electron chi connectivity index (χ4n) is 3.42. The Labute approximate surface area is 175 Å². The molecule has 0 aliphatic carbocycles. The number of benzene rings is 1. The second-order valence-electron chi connectivity index (χ2n) is 7.41. The van der Waals surface area contributed by atoms with Crippen molar-refractivity contribution in [3.05, 3.63) is 29.8 Å². The lowest BCUT2D eigenvalue weighted by Gasteiger charge is -2.32. The Morgan fingerprint density at radius 2 is 1.83 bits per heavy atom. The summed E-state index contributed by atoms with van der Waals surface area (Å²) in [6.07, 6.45) is 3.38. The van der Waals surface area contributed by atoms with Gasteiger partial charge in [-0.2, -0.15) is 0 Å². The van der Waals surface area contributed by atoms with E-state index in [2.05, 4.69) is 32.7 Å². The van der Waals surface area contributed by atoms with Gasteiger partial charge in [-0.3, -0.25) is 9.89 Å². The van der Waals surface area contributed by atoms with E-state index in [1.807, 2.05) is 19.2 Å². The zero-order valence-corrected chi connectivity index (χ0v) is 18.3. The van der Waals surface area contributed by atoms with Crippen molar-refractivity contribution in [1.29, 1.82) is 0 Å².